The summed E-state index contributed by atoms with van der Waals surface area (Å²) in [6, 6.07) is 0. The predicted molar refractivity (Wildman–Crippen MR) is 48.0 cm³/mol. The summed E-state index contributed by atoms with van der Waals surface area (Å²) < 4.78 is 0. The summed E-state index contributed by atoms with van der Waals surface area (Å²) >= 11 is 4.88. The van der Waals surface area contributed by atoms with Crippen molar-refractivity contribution in [3.05, 3.63) is 0 Å². The lowest BCUT2D eigenvalue weighted by Gasteiger charge is -2.21. The Morgan fingerprint density at radius 1 is 1.50 bits per heavy atom. The summed E-state index contributed by atoms with van der Waals surface area (Å²) in [6.45, 7) is 2.29. The molecule has 0 aromatic carbocycles. The van der Waals surface area contributed by atoms with Gasteiger partial charge in [-0.15, -0.1) is 0 Å². The van der Waals surface area contributed by atoms with Gasteiger partial charge < -0.3 is 5.73 Å². The second kappa shape index (κ2) is 2.87. The van der Waals surface area contributed by atoms with Crippen molar-refractivity contribution in [2.24, 2.45) is 11.1 Å². The largest absolute Gasteiger partial charge is 0.393 e. The van der Waals surface area contributed by atoms with E-state index in [1.807, 2.05) is 0 Å². The van der Waals surface area contributed by atoms with Gasteiger partial charge in [-0.25, -0.2) is 0 Å². The van der Waals surface area contributed by atoms with Crippen LogP contribution in [0.1, 0.15) is 39.0 Å². The molecule has 1 rings (SSSR count). The molecule has 1 aliphatic carbocycles. The topological polar surface area (TPSA) is 26.0 Å². The maximum absolute atomic E-state index is 5.49. The van der Waals surface area contributed by atoms with Crippen LogP contribution in [0.15, 0.2) is 0 Å². The summed E-state index contributed by atoms with van der Waals surface area (Å²) in [6.07, 6.45) is 6.29. The maximum Gasteiger partial charge on any atom is 0.0732 e. The van der Waals surface area contributed by atoms with E-state index < -0.39 is 0 Å². The molecule has 1 nitrogen and oxygen atoms in total. The lowest BCUT2D eigenvalue weighted by molar-refractivity contribution is 0.354. The number of rotatable bonds is 2. The van der Waals surface area contributed by atoms with Crippen molar-refractivity contribution in [2.45, 2.75) is 39.0 Å². The van der Waals surface area contributed by atoms with E-state index in [9.17, 15) is 0 Å². The van der Waals surface area contributed by atoms with E-state index in [1.165, 1.54) is 25.7 Å². The molecule has 0 aliphatic heterocycles. The Morgan fingerprint density at radius 3 is 2.40 bits per heavy atom. The monoisotopic (exact) mass is 157 g/mol. The van der Waals surface area contributed by atoms with E-state index in [4.69, 9.17) is 18.0 Å². The van der Waals surface area contributed by atoms with E-state index in [0.29, 0.717) is 10.4 Å². The highest BCUT2D eigenvalue weighted by Gasteiger charge is 2.28. The van der Waals surface area contributed by atoms with Crippen LogP contribution in [0.5, 0.6) is 0 Å². The van der Waals surface area contributed by atoms with Crippen molar-refractivity contribution in [3.8, 4) is 0 Å². The molecule has 0 aromatic heterocycles. The van der Waals surface area contributed by atoms with Crippen LogP contribution in [-0.4, -0.2) is 4.99 Å². The molecule has 0 unspecified atom stereocenters. The second-order valence-electron chi connectivity index (χ2n) is 3.66. The molecule has 0 saturated heterocycles. The minimum absolute atomic E-state index is 0.450. The van der Waals surface area contributed by atoms with Gasteiger partial charge in [-0.05, 0) is 18.3 Å². The van der Waals surface area contributed by atoms with Gasteiger partial charge in [0.15, 0.2) is 0 Å². The number of thiocarbonyl (C=S) groups is 1. The maximum atomic E-state index is 5.49. The summed E-state index contributed by atoms with van der Waals surface area (Å²) in [5.74, 6) is 0. The Morgan fingerprint density at radius 2 is 2.00 bits per heavy atom. The molecule has 1 aliphatic rings. The van der Waals surface area contributed by atoms with Gasteiger partial charge in [0, 0.05) is 6.42 Å². The third kappa shape index (κ3) is 1.94. The Labute approximate surface area is 68.0 Å². The van der Waals surface area contributed by atoms with E-state index in [0.717, 1.165) is 6.42 Å². The Balaban J connectivity index is 2.43. The molecule has 0 bridgehead atoms. The average molecular weight is 157 g/mol. The molecule has 2 heteroatoms. The van der Waals surface area contributed by atoms with E-state index in [2.05, 4.69) is 6.92 Å². The Bertz CT molecular complexity index is 136. The minimum Gasteiger partial charge on any atom is -0.393 e. The van der Waals surface area contributed by atoms with Crippen molar-refractivity contribution in [1.29, 1.82) is 0 Å². The molecule has 1 fully saturated rings. The van der Waals surface area contributed by atoms with E-state index >= 15 is 0 Å². The molecule has 2 N–H and O–H groups in total. The first-order valence-corrected chi connectivity index (χ1v) is 4.32. The number of nitrogens with two attached hydrogens (primary N) is 1. The SMILES string of the molecule is CC1(CC(N)=S)CCCC1. The average Bonchev–Trinajstić information content (AvgIpc) is 2.12. The number of hydrogen-bond donors (Lipinski definition) is 1. The van der Waals surface area contributed by atoms with Gasteiger partial charge in [0.05, 0.1) is 4.99 Å². The van der Waals surface area contributed by atoms with Crippen molar-refractivity contribution in [1.82, 2.24) is 0 Å². The fourth-order valence-electron chi connectivity index (χ4n) is 1.83. The first kappa shape index (κ1) is 7.99. The van der Waals surface area contributed by atoms with Gasteiger partial charge in [0.25, 0.3) is 0 Å². The first-order chi connectivity index (χ1) is 4.62. The third-order valence-corrected chi connectivity index (χ3v) is 2.56. The summed E-state index contributed by atoms with van der Waals surface area (Å²) in [7, 11) is 0. The van der Waals surface area contributed by atoms with Crippen LogP contribution in [0, 0.1) is 5.41 Å². The van der Waals surface area contributed by atoms with Crippen LogP contribution in [0.2, 0.25) is 0 Å². The zero-order chi connectivity index (χ0) is 7.61. The minimum atomic E-state index is 0.450. The van der Waals surface area contributed by atoms with Crippen LogP contribution < -0.4 is 5.73 Å². The highest BCUT2D eigenvalue weighted by molar-refractivity contribution is 7.80. The van der Waals surface area contributed by atoms with Crippen LogP contribution >= 0.6 is 12.2 Å². The molecule has 0 heterocycles. The molecule has 0 atom stereocenters. The highest BCUT2D eigenvalue weighted by atomic mass is 32.1. The van der Waals surface area contributed by atoms with Crippen LogP contribution in [0.3, 0.4) is 0 Å². The van der Waals surface area contributed by atoms with Gasteiger partial charge in [-0.1, -0.05) is 32.0 Å². The molecule has 0 amide bonds. The number of hydrogen-bond acceptors (Lipinski definition) is 1. The van der Waals surface area contributed by atoms with Crippen molar-refractivity contribution in [3.63, 3.8) is 0 Å². The lowest BCUT2D eigenvalue weighted by atomic mass is 9.85. The predicted octanol–water partition coefficient (Wildman–Crippen LogP) is 2.24. The quantitative estimate of drug-likeness (QED) is 0.622. The smallest absolute Gasteiger partial charge is 0.0732 e. The molecule has 0 radical (unpaired) electrons. The standard InChI is InChI=1S/C8H15NS/c1-8(6-7(9)10)4-2-3-5-8/h2-6H2,1H3,(H2,9,10). The molecule has 0 spiro atoms. The molecular formula is C8H15NS. The van der Waals surface area contributed by atoms with Gasteiger partial charge in [-0.3, -0.25) is 0 Å². The molecule has 58 valence electrons. The van der Waals surface area contributed by atoms with Gasteiger partial charge in [0.1, 0.15) is 0 Å². The normalized spacial score (nSPS) is 22.9. The molecule has 10 heavy (non-hydrogen) atoms. The van der Waals surface area contributed by atoms with Gasteiger partial charge in [0.2, 0.25) is 0 Å². The summed E-state index contributed by atoms with van der Waals surface area (Å²) in [5.41, 5.74) is 5.94. The van der Waals surface area contributed by atoms with Crippen LogP contribution in [0.25, 0.3) is 0 Å². The van der Waals surface area contributed by atoms with Gasteiger partial charge in [-0.2, -0.15) is 0 Å². The molecule has 1 saturated carbocycles. The van der Waals surface area contributed by atoms with E-state index in [-0.39, 0.29) is 0 Å². The third-order valence-electron chi connectivity index (χ3n) is 2.41. The fraction of sp³-hybridized carbons (Fsp3) is 0.875. The Kier molecular flexibility index (Phi) is 2.29. The van der Waals surface area contributed by atoms with E-state index in [1.54, 1.807) is 0 Å². The second-order valence-corrected chi connectivity index (χ2v) is 4.19. The highest BCUT2D eigenvalue weighted by Crippen LogP contribution is 2.40. The first-order valence-electron chi connectivity index (χ1n) is 3.91. The van der Waals surface area contributed by atoms with Crippen LogP contribution in [-0.2, 0) is 0 Å². The van der Waals surface area contributed by atoms with Gasteiger partial charge >= 0.3 is 0 Å². The van der Waals surface area contributed by atoms with Crippen molar-refractivity contribution >= 4 is 17.2 Å². The molecule has 0 aromatic rings. The zero-order valence-electron chi connectivity index (χ0n) is 6.52. The van der Waals surface area contributed by atoms with Crippen molar-refractivity contribution < 1.29 is 0 Å². The molecular weight excluding hydrogens is 142 g/mol. The van der Waals surface area contributed by atoms with Crippen molar-refractivity contribution in [2.75, 3.05) is 0 Å². The Hall–Kier alpha value is -0.110. The summed E-state index contributed by atoms with van der Waals surface area (Å²) in [5, 5.41) is 0. The fourth-order valence-corrected chi connectivity index (χ4v) is 2.17. The zero-order valence-corrected chi connectivity index (χ0v) is 7.34. The summed E-state index contributed by atoms with van der Waals surface area (Å²) in [4.78, 5) is 0.685. The lowest BCUT2D eigenvalue weighted by Crippen LogP contribution is -2.20. The van der Waals surface area contributed by atoms with Crippen LogP contribution in [0.4, 0.5) is 0 Å².